The lowest BCUT2D eigenvalue weighted by Crippen LogP contribution is -2.15. The van der Waals surface area contributed by atoms with Crippen LogP contribution < -0.4 is 5.32 Å². The van der Waals surface area contributed by atoms with E-state index in [0.29, 0.717) is 21.6 Å². The fourth-order valence-corrected chi connectivity index (χ4v) is 3.02. The van der Waals surface area contributed by atoms with Crippen LogP contribution in [0.5, 0.6) is 0 Å². The van der Waals surface area contributed by atoms with Gasteiger partial charge in [0.15, 0.2) is 5.82 Å². The molecule has 3 nitrogen and oxygen atoms in total. The predicted octanol–water partition coefficient (Wildman–Crippen LogP) is 4.74. The van der Waals surface area contributed by atoms with E-state index in [1.165, 1.54) is 23.5 Å². The van der Waals surface area contributed by atoms with Crippen LogP contribution in [-0.2, 0) is 4.79 Å². The molecule has 0 atom stereocenters. The highest BCUT2D eigenvalue weighted by molar-refractivity contribution is 8.00. The summed E-state index contributed by atoms with van der Waals surface area (Å²) in [5.74, 6) is 0.467. The highest BCUT2D eigenvalue weighted by Crippen LogP contribution is 2.25. The van der Waals surface area contributed by atoms with Crippen LogP contribution in [0.15, 0.2) is 35.4 Å². The zero-order valence-corrected chi connectivity index (χ0v) is 13.9. The summed E-state index contributed by atoms with van der Waals surface area (Å²) >= 11 is 13.2. The molecule has 2 rings (SSSR count). The van der Waals surface area contributed by atoms with E-state index >= 15 is 0 Å². The second kappa shape index (κ2) is 7.16. The van der Waals surface area contributed by atoms with Crippen molar-refractivity contribution < 1.29 is 4.79 Å². The van der Waals surface area contributed by atoms with E-state index in [9.17, 15) is 4.79 Å². The molecule has 0 fully saturated rings. The van der Waals surface area contributed by atoms with Crippen molar-refractivity contribution in [3.63, 3.8) is 0 Å². The Morgan fingerprint density at radius 3 is 2.71 bits per heavy atom. The topological polar surface area (TPSA) is 42.0 Å². The van der Waals surface area contributed by atoms with Crippen LogP contribution in [0.4, 0.5) is 5.82 Å². The van der Waals surface area contributed by atoms with Gasteiger partial charge in [-0.15, -0.1) is 11.8 Å². The lowest BCUT2D eigenvalue weighted by Gasteiger charge is -2.08. The van der Waals surface area contributed by atoms with Gasteiger partial charge in [0, 0.05) is 11.1 Å². The lowest BCUT2D eigenvalue weighted by molar-refractivity contribution is -0.113. The van der Waals surface area contributed by atoms with Crippen molar-refractivity contribution in [2.24, 2.45) is 0 Å². The molecule has 1 aromatic heterocycles. The van der Waals surface area contributed by atoms with Crippen molar-refractivity contribution in [2.45, 2.75) is 18.7 Å². The van der Waals surface area contributed by atoms with E-state index in [1.54, 1.807) is 6.07 Å². The number of aryl methyl sites for hydroxylation is 2. The monoisotopic (exact) mass is 340 g/mol. The minimum atomic E-state index is -0.156. The maximum Gasteiger partial charge on any atom is 0.235 e. The molecule has 0 radical (unpaired) electrons. The third-order valence-electron chi connectivity index (χ3n) is 2.75. The number of amides is 1. The molecule has 1 aromatic carbocycles. The molecule has 0 spiro atoms. The summed E-state index contributed by atoms with van der Waals surface area (Å²) in [5.41, 5.74) is 2.37. The Labute approximate surface area is 138 Å². The first kappa shape index (κ1) is 16.1. The van der Waals surface area contributed by atoms with Crippen molar-refractivity contribution in [1.29, 1.82) is 0 Å². The van der Waals surface area contributed by atoms with Crippen molar-refractivity contribution >= 4 is 46.7 Å². The first-order valence-corrected chi connectivity index (χ1v) is 8.01. The molecule has 110 valence electrons. The molecule has 0 aliphatic rings. The van der Waals surface area contributed by atoms with E-state index in [2.05, 4.69) is 16.4 Å². The van der Waals surface area contributed by atoms with Crippen molar-refractivity contribution in [2.75, 3.05) is 11.1 Å². The van der Waals surface area contributed by atoms with Gasteiger partial charge >= 0.3 is 0 Å². The van der Waals surface area contributed by atoms with Gasteiger partial charge in [-0.25, -0.2) is 4.98 Å². The van der Waals surface area contributed by atoms with E-state index in [-0.39, 0.29) is 5.91 Å². The number of pyridine rings is 1. The first-order valence-electron chi connectivity index (χ1n) is 6.26. The van der Waals surface area contributed by atoms with Gasteiger partial charge in [0.2, 0.25) is 5.91 Å². The van der Waals surface area contributed by atoms with Gasteiger partial charge < -0.3 is 5.32 Å². The number of aromatic nitrogens is 1. The number of thioether (sulfide) groups is 1. The summed E-state index contributed by atoms with van der Waals surface area (Å²) in [6.07, 6.45) is 1.44. The molecule has 6 heteroatoms. The fraction of sp³-hybridized carbons (Fsp3) is 0.200. The van der Waals surface area contributed by atoms with Crippen LogP contribution in [0.25, 0.3) is 0 Å². The number of hydrogen-bond acceptors (Lipinski definition) is 3. The number of rotatable bonds is 4. The van der Waals surface area contributed by atoms with Crippen LogP contribution in [0.1, 0.15) is 11.1 Å². The molecule has 0 unspecified atom stereocenters. The summed E-state index contributed by atoms with van der Waals surface area (Å²) in [5, 5.41) is 3.44. The number of benzene rings is 1. The molecule has 0 aliphatic heterocycles. The highest BCUT2D eigenvalue weighted by atomic mass is 35.5. The van der Waals surface area contributed by atoms with Crippen LogP contribution in [0, 0.1) is 13.8 Å². The van der Waals surface area contributed by atoms with Gasteiger partial charge in [0.05, 0.1) is 15.8 Å². The molecule has 1 amide bonds. The SMILES string of the molecule is Cc1ccc(SCC(=O)Nc2ncc(Cl)cc2Cl)c(C)c1. The van der Waals surface area contributed by atoms with Gasteiger partial charge in [-0.2, -0.15) is 0 Å². The minimum Gasteiger partial charge on any atom is -0.309 e. The Morgan fingerprint density at radius 2 is 2.05 bits per heavy atom. The van der Waals surface area contributed by atoms with Gasteiger partial charge in [0.1, 0.15) is 0 Å². The smallest absolute Gasteiger partial charge is 0.235 e. The first-order chi connectivity index (χ1) is 9.95. The third-order valence-corrected chi connectivity index (χ3v) is 4.43. The molecule has 21 heavy (non-hydrogen) atoms. The molecular weight excluding hydrogens is 327 g/mol. The number of nitrogens with one attached hydrogen (secondary N) is 1. The second-order valence-corrected chi connectivity index (χ2v) is 6.45. The van der Waals surface area contributed by atoms with Crippen molar-refractivity contribution in [3.05, 3.63) is 51.6 Å². The lowest BCUT2D eigenvalue weighted by atomic mass is 10.2. The summed E-state index contributed by atoms with van der Waals surface area (Å²) in [7, 11) is 0. The van der Waals surface area contributed by atoms with Crippen LogP contribution in [0.2, 0.25) is 10.0 Å². The van der Waals surface area contributed by atoms with Crippen LogP contribution in [-0.4, -0.2) is 16.6 Å². The highest BCUT2D eigenvalue weighted by Gasteiger charge is 2.09. The average molecular weight is 341 g/mol. The maximum absolute atomic E-state index is 11.9. The Balaban J connectivity index is 1.96. The van der Waals surface area contributed by atoms with Gasteiger partial charge in [-0.05, 0) is 31.5 Å². The van der Waals surface area contributed by atoms with Crippen LogP contribution in [0.3, 0.4) is 0 Å². The van der Waals surface area contributed by atoms with E-state index in [0.717, 1.165) is 10.5 Å². The summed E-state index contributed by atoms with van der Waals surface area (Å²) in [4.78, 5) is 17.0. The number of anilines is 1. The summed E-state index contributed by atoms with van der Waals surface area (Å²) < 4.78 is 0. The van der Waals surface area contributed by atoms with Crippen LogP contribution >= 0.6 is 35.0 Å². The van der Waals surface area contributed by atoms with Crippen molar-refractivity contribution in [1.82, 2.24) is 4.98 Å². The Kier molecular flexibility index (Phi) is 5.51. The second-order valence-electron chi connectivity index (χ2n) is 4.59. The maximum atomic E-state index is 11.9. The number of carbonyl (C=O) groups is 1. The molecule has 2 aromatic rings. The summed E-state index contributed by atoms with van der Waals surface area (Å²) in [6.45, 7) is 4.08. The molecule has 0 saturated carbocycles. The largest absolute Gasteiger partial charge is 0.309 e. The third kappa shape index (κ3) is 4.63. The molecule has 0 saturated heterocycles. The zero-order chi connectivity index (χ0) is 15.4. The molecule has 0 bridgehead atoms. The molecule has 1 heterocycles. The summed E-state index contributed by atoms with van der Waals surface area (Å²) in [6, 6.07) is 7.70. The predicted molar refractivity (Wildman–Crippen MR) is 89.5 cm³/mol. The molecule has 0 aliphatic carbocycles. The Hall–Kier alpha value is -1.23. The standard InChI is InChI=1S/C15H14Cl2N2OS/c1-9-3-4-13(10(2)5-9)21-8-14(20)19-15-12(17)6-11(16)7-18-15/h3-7H,8H2,1-2H3,(H,18,19,20). The number of carbonyl (C=O) groups excluding carboxylic acids is 1. The molecular formula is C15H14Cl2N2OS. The zero-order valence-electron chi connectivity index (χ0n) is 11.6. The van der Waals surface area contributed by atoms with E-state index in [4.69, 9.17) is 23.2 Å². The van der Waals surface area contributed by atoms with Gasteiger partial charge in [-0.1, -0.05) is 40.9 Å². The average Bonchev–Trinajstić information content (AvgIpc) is 2.41. The fourth-order valence-electron chi connectivity index (χ4n) is 1.78. The molecule has 1 N–H and O–H groups in total. The number of nitrogens with zero attached hydrogens (tertiary/aromatic N) is 1. The number of halogens is 2. The van der Waals surface area contributed by atoms with E-state index < -0.39 is 0 Å². The quantitative estimate of drug-likeness (QED) is 0.817. The Morgan fingerprint density at radius 1 is 1.29 bits per heavy atom. The normalized spacial score (nSPS) is 10.5. The van der Waals surface area contributed by atoms with Gasteiger partial charge in [0.25, 0.3) is 0 Å². The number of hydrogen-bond donors (Lipinski definition) is 1. The minimum absolute atomic E-state index is 0.156. The Bertz CT molecular complexity index is 677. The van der Waals surface area contributed by atoms with Crippen molar-refractivity contribution in [3.8, 4) is 0 Å². The van der Waals surface area contributed by atoms with E-state index in [1.807, 2.05) is 26.0 Å². The van der Waals surface area contributed by atoms with Gasteiger partial charge in [-0.3, -0.25) is 4.79 Å².